The second-order valence-corrected chi connectivity index (χ2v) is 25.8. The van der Waals surface area contributed by atoms with Crippen LogP contribution in [0, 0.1) is 81.8 Å². The van der Waals surface area contributed by atoms with Gasteiger partial charge in [-0.2, -0.15) is 0 Å². The number of carbonyl (C=O) groups is 1. The number of piperidine rings is 2. The van der Waals surface area contributed by atoms with E-state index in [9.17, 15) is 4.79 Å². The summed E-state index contributed by atoms with van der Waals surface area (Å²) in [5, 5.41) is 7.73. The van der Waals surface area contributed by atoms with Gasteiger partial charge >= 0.3 is 0 Å². The Balaban J connectivity index is 0.000000138. The third-order valence-corrected chi connectivity index (χ3v) is 23.0. The Kier molecular flexibility index (Phi) is 10.9. The van der Waals surface area contributed by atoms with Crippen molar-refractivity contribution >= 4 is 5.78 Å². The Hall–Kier alpha value is -1.01. The van der Waals surface area contributed by atoms with Crippen molar-refractivity contribution in [2.75, 3.05) is 13.1 Å². The van der Waals surface area contributed by atoms with Crippen molar-refractivity contribution in [3.63, 3.8) is 0 Å². The highest BCUT2D eigenvalue weighted by molar-refractivity contribution is 5.79. The van der Waals surface area contributed by atoms with Crippen LogP contribution in [0.3, 0.4) is 0 Å². The first-order chi connectivity index (χ1) is 29.2. The van der Waals surface area contributed by atoms with Crippen LogP contribution in [0.5, 0.6) is 0 Å². The molecule has 0 bridgehead atoms. The van der Waals surface area contributed by atoms with Crippen molar-refractivity contribution in [3.05, 3.63) is 22.3 Å². The molecule has 2 N–H and O–H groups in total. The number of nitrogens with one attached hydrogen (secondary N) is 2. The van der Waals surface area contributed by atoms with E-state index in [1.807, 2.05) is 11.1 Å². The summed E-state index contributed by atoms with van der Waals surface area (Å²) in [6, 6.07) is 1.13. The lowest BCUT2D eigenvalue weighted by Gasteiger charge is -2.52. The Morgan fingerprint density at radius 1 is 0.574 bits per heavy atom. The molecule has 4 heterocycles. The maximum Gasteiger partial charge on any atom is 0.133 e. The van der Waals surface area contributed by atoms with Crippen molar-refractivity contribution in [3.8, 4) is 0 Å². The number of ether oxygens (including phenoxy) is 2. The van der Waals surface area contributed by atoms with Gasteiger partial charge in [0.2, 0.25) is 0 Å². The molecule has 5 nitrogen and oxygen atoms in total. The molecule has 5 heteroatoms. The van der Waals surface area contributed by atoms with Crippen LogP contribution in [-0.4, -0.2) is 54.4 Å². The van der Waals surface area contributed by atoms with Crippen molar-refractivity contribution in [2.45, 2.75) is 226 Å². The monoisotopic (exact) mass is 837 g/mol. The van der Waals surface area contributed by atoms with E-state index in [0.717, 1.165) is 85.5 Å². The largest absolute Gasteiger partial charge is 0.369 e. The zero-order valence-electron chi connectivity index (χ0n) is 40.2. The molecule has 0 aromatic carbocycles. The van der Waals surface area contributed by atoms with E-state index in [0.29, 0.717) is 58.7 Å². The van der Waals surface area contributed by atoms with Gasteiger partial charge in [0.25, 0.3) is 0 Å². The number of carbonyl (C=O) groups excluding carboxylic acids is 1. The summed E-state index contributed by atoms with van der Waals surface area (Å²) in [6.07, 6.45) is 28.3. The number of rotatable bonds is 0. The summed E-state index contributed by atoms with van der Waals surface area (Å²) >= 11 is 0. The molecule has 8 aliphatic carbocycles. The van der Waals surface area contributed by atoms with Crippen LogP contribution in [-0.2, 0) is 14.3 Å². The summed E-state index contributed by atoms with van der Waals surface area (Å²) in [4.78, 5) is 12.2. The van der Waals surface area contributed by atoms with E-state index in [1.165, 1.54) is 116 Å². The van der Waals surface area contributed by atoms with Gasteiger partial charge in [-0.15, -0.1) is 0 Å². The van der Waals surface area contributed by atoms with Gasteiger partial charge in [-0.3, -0.25) is 4.79 Å². The minimum absolute atomic E-state index is 0.0572. The van der Waals surface area contributed by atoms with E-state index < -0.39 is 0 Å². The fourth-order valence-corrected chi connectivity index (χ4v) is 19.5. The molecule has 61 heavy (non-hydrogen) atoms. The first kappa shape index (κ1) is 42.6. The third kappa shape index (κ3) is 6.71. The van der Waals surface area contributed by atoms with E-state index in [1.54, 1.807) is 11.1 Å². The van der Waals surface area contributed by atoms with E-state index >= 15 is 0 Å². The molecular formula is C56H88N2O3. The SMILES string of the molecule is CC1=C2C[C@H]3[C@@H](CC[C@@H]4CC(=O)CC[C@@]43C)[C@@H]2CC[C@@]2(C1)O[C@@H]1C[C@H](C)CN[C@H]1[C@H]2C.CC1=C2C[C@H]3[C@@H](CC[C@@H]4CCCC[C@@]43C)[C@@H]2CC[C@@]2(C1)O[C@@H]1C[C@H](C)CN[C@H]1[C@H]2C. The first-order valence-electron chi connectivity index (χ1n) is 26.9. The van der Waals surface area contributed by atoms with Crippen LogP contribution in [0.25, 0.3) is 0 Å². The number of allylic oxidation sites excluding steroid dienone is 2. The second-order valence-electron chi connectivity index (χ2n) is 25.8. The number of Topliss-reactive ketones (excluding diaryl/α,β-unsaturated/α-hetero) is 1. The van der Waals surface area contributed by atoms with Crippen LogP contribution in [0.4, 0.5) is 0 Å². The molecule has 20 atom stereocenters. The molecule has 12 aliphatic rings. The van der Waals surface area contributed by atoms with Crippen molar-refractivity contribution in [2.24, 2.45) is 81.8 Å². The normalized spacial score (nSPS) is 54.9. The summed E-state index contributed by atoms with van der Waals surface area (Å²) in [6.45, 7) is 22.3. The predicted molar refractivity (Wildman–Crippen MR) is 247 cm³/mol. The third-order valence-electron chi connectivity index (χ3n) is 23.0. The number of hydrogen-bond donors (Lipinski definition) is 2. The Labute approximate surface area is 372 Å². The topological polar surface area (TPSA) is 59.6 Å². The zero-order chi connectivity index (χ0) is 42.2. The molecule has 340 valence electrons. The van der Waals surface area contributed by atoms with Crippen LogP contribution >= 0.6 is 0 Å². The average Bonchev–Trinajstić information content (AvgIpc) is 3.90. The van der Waals surface area contributed by atoms with E-state index in [2.05, 4.69) is 66.0 Å². The molecule has 4 saturated heterocycles. The highest BCUT2D eigenvalue weighted by Crippen LogP contribution is 2.67. The van der Waals surface area contributed by atoms with Crippen LogP contribution < -0.4 is 10.6 Å². The molecule has 0 aromatic rings. The lowest BCUT2D eigenvalue weighted by Crippen LogP contribution is -2.48. The first-order valence-corrected chi connectivity index (χ1v) is 26.9. The van der Waals surface area contributed by atoms with Crippen molar-refractivity contribution < 1.29 is 14.3 Å². The van der Waals surface area contributed by atoms with Gasteiger partial charge in [0, 0.05) is 36.8 Å². The minimum Gasteiger partial charge on any atom is -0.369 e. The smallest absolute Gasteiger partial charge is 0.133 e. The minimum atomic E-state index is 0.0572. The molecule has 10 fully saturated rings. The van der Waals surface area contributed by atoms with Gasteiger partial charge in [0.05, 0.1) is 23.4 Å². The van der Waals surface area contributed by atoms with Gasteiger partial charge in [-0.05, 0) is 206 Å². The number of fused-ring (bicyclic) bond motifs is 12. The molecule has 0 unspecified atom stereocenters. The summed E-state index contributed by atoms with van der Waals surface area (Å²) < 4.78 is 14.0. The zero-order valence-corrected chi connectivity index (χ0v) is 40.2. The standard InChI is InChI=1S/C28H43NO2.C28H45NO/c1-16-11-25-26(29-15-16)18(3)28(31-25)10-8-21-22-6-5-19-12-20(30)7-9-27(19,4)24(22)13-23(21)17(2)14-28;1-17-13-25-26(29-16-17)19(3)28(30-25)12-10-21-22-9-8-20-7-5-6-11-27(20,4)24(22)14-23(21)18(2)15-28/h16,18-19,21-22,24-26,29H,5-15H2,1-4H3;17,19-22,24-26,29H,5-16H2,1-4H3/t16-,18+,19+,21-,22-,24-,25+,26-,27-,28-;17-,19+,20-,21-,22-,24-,25+,26-,27-,28-/m00/s1. The van der Waals surface area contributed by atoms with E-state index in [-0.39, 0.29) is 11.2 Å². The predicted octanol–water partition coefficient (Wildman–Crippen LogP) is 12.2. The van der Waals surface area contributed by atoms with Crippen LogP contribution in [0.1, 0.15) is 190 Å². The van der Waals surface area contributed by atoms with Gasteiger partial charge in [0.1, 0.15) is 5.78 Å². The molecule has 0 amide bonds. The molecule has 6 saturated carbocycles. The van der Waals surface area contributed by atoms with Gasteiger partial charge < -0.3 is 20.1 Å². The lowest BCUT2D eigenvalue weighted by atomic mass is 9.52. The molecule has 2 spiro atoms. The lowest BCUT2D eigenvalue weighted by molar-refractivity contribution is -0.129. The van der Waals surface area contributed by atoms with Crippen molar-refractivity contribution in [1.29, 1.82) is 0 Å². The van der Waals surface area contributed by atoms with Crippen molar-refractivity contribution in [1.82, 2.24) is 10.6 Å². The summed E-state index contributed by atoms with van der Waals surface area (Å²) in [7, 11) is 0. The second kappa shape index (κ2) is 15.5. The maximum absolute atomic E-state index is 12.2. The average molecular weight is 837 g/mol. The molecule has 0 aromatic heterocycles. The van der Waals surface area contributed by atoms with Crippen LogP contribution in [0.2, 0.25) is 0 Å². The Morgan fingerprint density at radius 3 is 1.62 bits per heavy atom. The van der Waals surface area contributed by atoms with Gasteiger partial charge in [-0.1, -0.05) is 76.7 Å². The van der Waals surface area contributed by atoms with Gasteiger partial charge in [-0.25, -0.2) is 0 Å². The fourth-order valence-electron chi connectivity index (χ4n) is 19.5. The van der Waals surface area contributed by atoms with Crippen LogP contribution in [0.15, 0.2) is 22.3 Å². The Bertz CT molecular complexity index is 1780. The van der Waals surface area contributed by atoms with Gasteiger partial charge in [0.15, 0.2) is 0 Å². The number of ketones is 1. The molecule has 4 aliphatic heterocycles. The number of hydrogen-bond acceptors (Lipinski definition) is 5. The maximum atomic E-state index is 12.2. The highest BCUT2D eigenvalue weighted by atomic mass is 16.5. The summed E-state index contributed by atoms with van der Waals surface area (Å²) in [5.74, 6) is 10.2. The Morgan fingerprint density at radius 2 is 1.08 bits per heavy atom. The highest BCUT2D eigenvalue weighted by Gasteiger charge is 2.61. The molecular weight excluding hydrogens is 749 g/mol. The van der Waals surface area contributed by atoms with E-state index in [4.69, 9.17) is 9.47 Å². The fraction of sp³-hybridized carbons (Fsp3) is 0.911. The molecule has 12 rings (SSSR count). The summed E-state index contributed by atoms with van der Waals surface area (Å²) in [5.41, 5.74) is 8.34. The molecule has 0 radical (unpaired) electrons. The quantitative estimate of drug-likeness (QED) is 0.238.